The summed E-state index contributed by atoms with van der Waals surface area (Å²) >= 11 is 5.54. The van der Waals surface area contributed by atoms with Gasteiger partial charge in [0.05, 0.1) is 11.3 Å². The van der Waals surface area contributed by atoms with Gasteiger partial charge < -0.3 is 19.9 Å². The maximum absolute atomic E-state index is 10.9. The highest BCUT2D eigenvalue weighted by atomic mass is 32.1. The molecule has 0 aromatic carbocycles. The zero-order chi connectivity index (χ0) is 20.6. The fourth-order valence-electron chi connectivity index (χ4n) is 4.58. The first-order valence-electron chi connectivity index (χ1n) is 11.2. The SMILES string of the molecule is Cn1c(O)c(CCCCCCCO)n(CCC(C)(O)CC2CCCCC2)c1=S. The molecule has 0 aliphatic heterocycles. The first kappa shape index (κ1) is 23.4. The molecule has 6 heteroatoms. The van der Waals surface area contributed by atoms with Gasteiger partial charge >= 0.3 is 0 Å². The van der Waals surface area contributed by atoms with Crippen molar-refractivity contribution in [2.45, 2.75) is 103 Å². The number of unbranched alkanes of at least 4 members (excludes halogenated alkanes) is 4. The summed E-state index contributed by atoms with van der Waals surface area (Å²) in [6.07, 6.45) is 13.8. The van der Waals surface area contributed by atoms with Crippen LogP contribution in [0.1, 0.15) is 89.7 Å². The maximum atomic E-state index is 10.9. The van der Waals surface area contributed by atoms with Gasteiger partial charge in [0.2, 0.25) is 5.88 Å². The standard InChI is InChI=1S/C22H40N2O3S/c1-22(27,17-18-11-7-6-8-12-18)14-15-24-19(20(26)23(2)21(24)28)13-9-4-3-5-10-16-25/h18,25-27H,3-17H2,1-2H3. The van der Waals surface area contributed by atoms with Crippen LogP contribution in [0.25, 0.3) is 0 Å². The number of aromatic hydroxyl groups is 1. The van der Waals surface area contributed by atoms with Crippen molar-refractivity contribution in [3.8, 4) is 5.88 Å². The second-order valence-corrected chi connectivity index (χ2v) is 9.33. The van der Waals surface area contributed by atoms with Crippen LogP contribution in [0.3, 0.4) is 0 Å². The molecule has 1 aromatic heterocycles. The molecule has 0 bridgehead atoms. The van der Waals surface area contributed by atoms with E-state index in [0.717, 1.165) is 50.6 Å². The predicted molar refractivity (Wildman–Crippen MR) is 116 cm³/mol. The number of rotatable bonds is 12. The molecule has 1 heterocycles. The second kappa shape index (κ2) is 11.4. The molecule has 2 rings (SSSR count). The van der Waals surface area contributed by atoms with Crippen molar-refractivity contribution in [1.82, 2.24) is 9.13 Å². The van der Waals surface area contributed by atoms with E-state index < -0.39 is 5.60 Å². The minimum Gasteiger partial charge on any atom is -0.493 e. The first-order chi connectivity index (χ1) is 13.4. The fourth-order valence-corrected chi connectivity index (χ4v) is 4.87. The molecule has 0 amide bonds. The molecule has 1 aromatic rings. The quantitative estimate of drug-likeness (QED) is 0.339. The van der Waals surface area contributed by atoms with Crippen molar-refractivity contribution in [3.05, 3.63) is 10.5 Å². The highest BCUT2D eigenvalue weighted by Crippen LogP contribution is 2.32. The molecule has 0 spiro atoms. The van der Waals surface area contributed by atoms with Crippen molar-refractivity contribution < 1.29 is 15.3 Å². The number of imidazole rings is 1. The highest BCUT2D eigenvalue weighted by Gasteiger charge is 2.27. The Labute approximate surface area is 175 Å². The predicted octanol–water partition coefficient (Wildman–Crippen LogP) is 4.86. The summed E-state index contributed by atoms with van der Waals surface area (Å²) in [6, 6.07) is 0. The lowest BCUT2D eigenvalue weighted by Gasteiger charge is -2.31. The fraction of sp³-hybridized carbons (Fsp3) is 0.864. The van der Waals surface area contributed by atoms with E-state index in [1.54, 1.807) is 11.6 Å². The van der Waals surface area contributed by atoms with Crippen LogP contribution in [-0.2, 0) is 20.0 Å². The summed E-state index contributed by atoms with van der Waals surface area (Å²) in [6.45, 7) is 2.86. The Kier molecular flexibility index (Phi) is 9.51. The van der Waals surface area contributed by atoms with Crippen LogP contribution >= 0.6 is 12.2 Å². The van der Waals surface area contributed by atoms with Crippen LogP contribution in [0.2, 0.25) is 0 Å². The Morgan fingerprint density at radius 3 is 2.39 bits per heavy atom. The van der Waals surface area contributed by atoms with Crippen LogP contribution in [0.4, 0.5) is 0 Å². The van der Waals surface area contributed by atoms with E-state index in [-0.39, 0.29) is 12.5 Å². The molecular formula is C22H40N2O3S. The van der Waals surface area contributed by atoms with Gasteiger partial charge in [-0.3, -0.25) is 4.57 Å². The van der Waals surface area contributed by atoms with E-state index >= 15 is 0 Å². The molecule has 1 unspecified atom stereocenters. The number of aromatic nitrogens is 2. The van der Waals surface area contributed by atoms with Crippen LogP contribution in [-0.4, -0.2) is 36.7 Å². The van der Waals surface area contributed by atoms with Crippen LogP contribution in [0.15, 0.2) is 0 Å². The molecule has 1 saturated carbocycles. The van der Waals surface area contributed by atoms with Gasteiger partial charge in [-0.05, 0) is 57.2 Å². The van der Waals surface area contributed by atoms with Gasteiger partial charge in [-0.15, -0.1) is 0 Å². The third-order valence-corrected chi connectivity index (χ3v) is 6.81. The molecule has 1 aliphatic carbocycles. The molecular weight excluding hydrogens is 372 g/mol. The van der Waals surface area contributed by atoms with E-state index in [1.165, 1.54) is 32.1 Å². The highest BCUT2D eigenvalue weighted by molar-refractivity contribution is 7.71. The van der Waals surface area contributed by atoms with E-state index in [0.29, 0.717) is 23.7 Å². The van der Waals surface area contributed by atoms with Gasteiger partial charge in [-0.25, -0.2) is 0 Å². The summed E-state index contributed by atoms with van der Waals surface area (Å²) in [7, 11) is 1.80. The van der Waals surface area contributed by atoms with E-state index in [2.05, 4.69) is 0 Å². The van der Waals surface area contributed by atoms with E-state index in [9.17, 15) is 10.2 Å². The minimum atomic E-state index is -0.691. The van der Waals surface area contributed by atoms with Gasteiger partial charge in [0.15, 0.2) is 4.77 Å². The maximum Gasteiger partial charge on any atom is 0.213 e. The van der Waals surface area contributed by atoms with Crippen molar-refractivity contribution in [1.29, 1.82) is 0 Å². The van der Waals surface area contributed by atoms with Gasteiger partial charge in [0, 0.05) is 20.2 Å². The summed E-state index contributed by atoms with van der Waals surface area (Å²) < 4.78 is 4.32. The molecule has 0 radical (unpaired) electrons. The summed E-state index contributed by atoms with van der Waals surface area (Å²) in [5.41, 5.74) is 0.201. The number of aliphatic hydroxyl groups excluding tert-OH is 1. The average Bonchev–Trinajstić information content (AvgIpc) is 2.87. The van der Waals surface area contributed by atoms with Gasteiger partial charge in [-0.1, -0.05) is 51.4 Å². The largest absolute Gasteiger partial charge is 0.493 e. The van der Waals surface area contributed by atoms with Gasteiger partial charge in [0.1, 0.15) is 0 Å². The van der Waals surface area contributed by atoms with Crippen molar-refractivity contribution in [3.63, 3.8) is 0 Å². The zero-order valence-corrected chi connectivity index (χ0v) is 18.6. The van der Waals surface area contributed by atoms with E-state index in [4.69, 9.17) is 17.3 Å². The van der Waals surface area contributed by atoms with Crippen LogP contribution in [0.5, 0.6) is 5.88 Å². The van der Waals surface area contributed by atoms with Crippen molar-refractivity contribution in [2.75, 3.05) is 6.61 Å². The summed E-state index contributed by atoms with van der Waals surface area (Å²) in [5.74, 6) is 0.895. The minimum absolute atomic E-state index is 0.257. The Bertz CT molecular complexity index is 645. The molecule has 1 atom stereocenters. The second-order valence-electron chi connectivity index (χ2n) is 8.96. The number of hydrogen-bond acceptors (Lipinski definition) is 4. The lowest BCUT2D eigenvalue weighted by molar-refractivity contribution is 0.0156. The van der Waals surface area contributed by atoms with Crippen molar-refractivity contribution in [2.24, 2.45) is 13.0 Å². The molecule has 1 fully saturated rings. The number of aliphatic hydroxyl groups is 2. The Morgan fingerprint density at radius 1 is 1.07 bits per heavy atom. The third-order valence-electron chi connectivity index (χ3n) is 6.32. The molecule has 0 saturated heterocycles. The van der Waals surface area contributed by atoms with Crippen molar-refractivity contribution >= 4 is 12.2 Å². The number of hydrogen-bond donors (Lipinski definition) is 3. The first-order valence-corrected chi connectivity index (χ1v) is 11.6. The molecule has 5 nitrogen and oxygen atoms in total. The zero-order valence-electron chi connectivity index (χ0n) is 17.8. The lowest BCUT2D eigenvalue weighted by atomic mass is 9.80. The molecule has 3 N–H and O–H groups in total. The topological polar surface area (TPSA) is 70.5 Å². The molecule has 162 valence electrons. The Morgan fingerprint density at radius 2 is 1.71 bits per heavy atom. The van der Waals surface area contributed by atoms with E-state index in [1.807, 2.05) is 11.5 Å². The van der Waals surface area contributed by atoms with Crippen LogP contribution in [0, 0.1) is 10.7 Å². The Balaban J connectivity index is 1.93. The Hall–Kier alpha value is -0.850. The number of nitrogens with zero attached hydrogens (tertiary/aromatic N) is 2. The van der Waals surface area contributed by atoms with Gasteiger partial charge in [-0.2, -0.15) is 0 Å². The monoisotopic (exact) mass is 412 g/mol. The summed E-state index contributed by atoms with van der Waals surface area (Å²) in [4.78, 5) is 0. The molecule has 1 aliphatic rings. The average molecular weight is 413 g/mol. The van der Waals surface area contributed by atoms with Gasteiger partial charge in [0.25, 0.3) is 0 Å². The summed E-state index contributed by atoms with van der Waals surface area (Å²) in [5, 5.41) is 30.3. The van der Waals surface area contributed by atoms with Crippen LogP contribution < -0.4 is 0 Å². The molecule has 28 heavy (non-hydrogen) atoms. The third kappa shape index (κ3) is 6.89. The smallest absolute Gasteiger partial charge is 0.213 e. The normalized spacial score (nSPS) is 17.7. The lowest BCUT2D eigenvalue weighted by Crippen LogP contribution is -2.30.